The molecule has 0 N–H and O–H groups in total. The molecule has 0 bridgehead atoms. The zero-order valence-corrected chi connectivity index (χ0v) is 90.6. The Hall–Kier alpha value is -14.4. The molecule has 712 valence electrons. The van der Waals surface area contributed by atoms with Crippen LogP contribution in [0.25, 0.3) is 178 Å². The van der Waals surface area contributed by atoms with E-state index in [2.05, 4.69) is 287 Å². The van der Waals surface area contributed by atoms with Crippen LogP contribution in [0.15, 0.2) is 371 Å². The quantitative estimate of drug-likeness (QED) is 0.133. The number of aromatic nitrogens is 8. The Balaban J connectivity index is 0.000000137. The molecule has 0 atom stereocenters. The van der Waals surface area contributed by atoms with Crippen LogP contribution in [0.5, 0.6) is 0 Å². The predicted molar refractivity (Wildman–Crippen MR) is 564 cm³/mol. The van der Waals surface area contributed by atoms with Crippen molar-refractivity contribution in [3.8, 4) is 90.1 Å². The fourth-order valence-corrected chi connectivity index (χ4v) is 16.3. The number of hydrogen-bond donors (Lipinski definition) is 0. The Morgan fingerprint density at radius 2 is 0.521 bits per heavy atom. The summed E-state index contributed by atoms with van der Waals surface area (Å²) in [6.07, 6.45) is 14.7. The van der Waals surface area contributed by atoms with Crippen molar-refractivity contribution >= 4 is 87.8 Å². The van der Waals surface area contributed by atoms with E-state index in [0.717, 1.165) is 195 Å². The van der Waals surface area contributed by atoms with Crippen LogP contribution in [-0.4, -0.2) is 39.9 Å². The van der Waals surface area contributed by atoms with Crippen LogP contribution in [0.4, 0.5) is 0 Å². The van der Waals surface area contributed by atoms with E-state index in [1.165, 1.54) is 61.2 Å². The third kappa shape index (κ3) is 26.1. The van der Waals surface area contributed by atoms with Gasteiger partial charge in [0, 0.05) is 152 Å². The molecule has 142 heavy (non-hydrogen) atoms. The Kier molecular flexibility index (Phi) is 36.3. The average Bonchev–Trinajstić information content (AvgIpc) is 1.62. The maximum atomic E-state index is 6.12. The number of aryl methyl sites for hydroxylation is 14. The van der Waals surface area contributed by atoms with E-state index in [9.17, 15) is 0 Å². The molecule has 12 nitrogen and oxygen atoms in total. The Bertz CT molecular complexity index is 8340. The van der Waals surface area contributed by atoms with Crippen LogP contribution in [0, 0.1) is 145 Å². The van der Waals surface area contributed by atoms with Crippen molar-refractivity contribution in [1.29, 1.82) is 0 Å². The summed E-state index contributed by atoms with van der Waals surface area (Å²) in [7, 11) is 0. The summed E-state index contributed by atoms with van der Waals surface area (Å²) in [6.45, 7) is 29.0. The fourth-order valence-electron chi connectivity index (χ4n) is 16.3. The maximum absolute atomic E-state index is 6.12. The van der Waals surface area contributed by atoms with E-state index in [1.807, 2.05) is 239 Å². The molecule has 24 rings (SSSR count). The molecule has 0 saturated carbocycles. The van der Waals surface area contributed by atoms with Crippen molar-refractivity contribution in [2.24, 2.45) is 0 Å². The van der Waals surface area contributed by atoms with Crippen molar-refractivity contribution in [3.05, 3.63) is 479 Å². The van der Waals surface area contributed by atoms with E-state index >= 15 is 0 Å². The van der Waals surface area contributed by atoms with Gasteiger partial charge in [0.15, 0.2) is 0 Å². The van der Waals surface area contributed by atoms with Gasteiger partial charge in [0.25, 0.3) is 0 Å². The molecule has 24 aromatic rings. The van der Waals surface area contributed by atoms with E-state index in [-0.39, 0.29) is 80.4 Å². The number of para-hydroxylation sites is 2. The van der Waals surface area contributed by atoms with E-state index in [1.54, 1.807) is 12.4 Å². The smallest absolute Gasteiger partial charge is 0.121 e. The van der Waals surface area contributed by atoms with Gasteiger partial charge in [-0.25, -0.2) is 0 Å². The molecular formula is C126H100Ir4N8O4-8. The van der Waals surface area contributed by atoms with E-state index in [4.69, 9.17) is 17.7 Å². The first-order valence-corrected chi connectivity index (χ1v) is 45.8. The van der Waals surface area contributed by atoms with Crippen LogP contribution in [0.3, 0.4) is 0 Å². The number of pyridine rings is 8. The van der Waals surface area contributed by atoms with Gasteiger partial charge in [0.05, 0.1) is 22.3 Å². The molecule has 0 fully saturated rings. The van der Waals surface area contributed by atoms with Crippen molar-refractivity contribution in [2.45, 2.75) is 96.9 Å². The molecule has 16 heteroatoms. The molecule has 0 saturated heterocycles. The van der Waals surface area contributed by atoms with Crippen molar-refractivity contribution in [3.63, 3.8) is 0 Å². The summed E-state index contributed by atoms with van der Waals surface area (Å²) in [5.74, 6) is 0. The monoisotopic (exact) mass is 2560 g/mol. The zero-order valence-electron chi connectivity index (χ0n) is 81.0. The standard InChI is InChI=1S/C20H16NO.3C18H12NO.C14H14N.2C13H12N.C12H10N.4Ir/c1-12-4-5-19-15(8-12)16-9-14(3)10-17(20(16)22-19)18-11-13(2)6-7-21-18;1-12-8-9-13-14-5-4-6-15(16-7-2-3-10-19-16)18(14)20-17(13)11-12;1-12-9-10-19-16(11-12)15-7-4-6-14-13-5-2-3-8-17(13)20-18(14)15;1-12-9-10-16(19-11-12)15-7-4-6-14-13-5-2-3-8-17(13)20-18(14)15;1-10-4-5-15-14(9-10)13-7-11(2)6-12(3)8-13;1-10-4-3-5-12(8-10)13-9-11(2)6-7-14-13;1-10-4-3-5-12(8-10)13-7-6-11(2)9-14-13;1-10-5-4-6-11(9-10)12-7-2-3-8-13-12;;;;/h4-9,11H,1-3H3;2-5,7-11H,1H3;2*2-6,8-11H,1H3;4-7,9H,1-3H3;2*3-4,6-9H,1-2H3;2-5,7-9H,1H3;;;;/q8*-1;;;;. The van der Waals surface area contributed by atoms with E-state index in [0.29, 0.717) is 0 Å². The molecule has 12 aromatic heterocycles. The molecule has 4 radical (unpaired) electrons. The molecule has 0 unspecified atom stereocenters. The third-order valence-corrected chi connectivity index (χ3v) is 23.0. The Morgan fingerprint density at radius 3 is 0.986 bits per heavy atom. The van der Waals surface area contributed by atoms with Gasteiger partial charge in [-0.2, -0.15) is 0 Å². The van der Waals surface area contributed by atoms with Gasteiger partial charge in [-0.15, -0.1) is 213 Å². The number of furan rings is 4. The van der Waals surface area contributed by atoms with Crippen molar-refractivity contribution < 1.29 is 98.1 Å². The second-order valence-electron chi connectivity index (χ2n) is 34.6. The second kappa shape index (κ2) is 49.2. The fraction of sp³-hybridized carbons (Fsp3) is 0.111. The number of rotatable bonds is 8. The zero-order chi connectivity index (χ0) is 95.7. The summed E-state index contributed by atoms with van der Waals surface area (Å²) in [5.41, 5.74) is 39.3. The molecule has 0 spiro atoms. The van der Waals surface area contributed by atoms with Crippen molar-refractivity contribution in [2.75, 3.05) is 0 Å². The summed E-state index contributed by atoms with van der Waals surface area (Å²) in [4.78, 5) is 35.1. The molecule has 12 heterocycles. The Labute approximate surface area is 884 Å². The van der Waals surface area contributed by atoms with E-state index < -0.39 is 0 Å². The maximum Gasteiger partial charge on any atom is 0.121 e. The first-order valence-electron chi connectivity index (χ1n) is 45.8. The topological polar surface area (TPSA) is 156 Å². The molecule has 0 aliphatic heterocycles. The largest absolute Gasteiger partial charge is 0.501 e. The number of hydrogen-bond acceptors (Lipinski definition) is 12. The average molecular weight is 2560 g/mol. The van der Waals surface area contributed by atoms with Crippen LogP contribution in [0.1, 0.15) is 77.9 Å². The molecule has 0 amide bonds. The molecule has 0 aliphatic carbocycles. The van der Waals surface area contributed by atoms with Crippen molar-refractivity contribution in [1.82, 2.24) is 39.9 Å². The minimum Gasteiger partial charge on any atom is -0.501 e. The Morgan fingerprint density at radius 1 is 0.183 bits per heavy atom. The van der Waals surface area contributed by atoms with Gasteiger partial charge >= 0.3 is 0 Å². The number of benzene rings is 12. The SMILES string of the molecule is Cc1[c-]c(-c2cc(C)ccn2)c2oc3ccc(C)cc3c2c1.Cc1[c-]c(-c2cc(C)ccn2)cc(C)c1.Cc1cc[c-]c(-c2cc(C)ccn2)c1.Cc1cc[c-]c(-c2ccccn2)c1.Cc1ccc(-c2[c-]ccc(C)c2)nc1.Cc1ccc(-c2[c-]ccc3c2oc2ccccc23)nc1.Cc1ccc2c(c1)oc1c(-c3ccccn3)[c-]ccc12.Cc1ccnc(-c2[c-]ccc3c2oc2ccccc23)c1.[Ir].[Ir].[Ir].[Ir]. The predicted octanol–water partition coefficient (Wildman–Crippen LogP) is 32.3. The number of nitrogens with zero attached hydrogens (tertiary/aromatic N) is 8. The van der Waals surface area contributed by atoms with Gasteiger partial charge in [0.2, 0.25) is 0 Å². The van der Waals surface area contributed by atoms with Crippen LogP contribution < -0.4 is 0 Å². The van der Waals surface area contributed by atoms with Gasteiger partial charge in [-0.3, -0.25) is 0 Å². The third-order valence-electron chi connectivity index (χ3n) is 23.0. The van der Waals surface area contributed by atoms with Crippen LogP contribution in [-0.2, 0) is 80.4 Å². The second-order valence-corrected chi connectivity index (χ2v) is 34.6. The summed E-state index contributed by atoms with van der Waals surface area (Å²) in [5, 5.41) is 9.01. The summed E-state index contributed by atoms with van der Waals surface area (Å²) >= 11 is 0. The van der Waals surface area contributed by atoms with Crippen LogP contribution >= 0.6 is 0 Å². The first-order chi connectivity index (χ1) is 67.1. The van der Waals surface area contributed by atoms with Gasteiger partial charge in [0.1, 0.15) is 22.3 Å². The molecular weight excluding hydrogens is 2460 g/mol. The van der Waals surface area contributed by atoms with Gasteiger partial charge < -0.3 is 57.5 Å². The summed E-state index contributed by atoms with van der Waals surface area (Å²) in [6, 6.07) is 127. The molecule has 0 aliphatic rings. The van der Waals surface area contributed by atoms with Gasteiger partial charge in [-0.1, -0.05) is 241 Å². The minimum absolute atomic E-state index is 0. The molecule has 12 aromatic carbocycles. The summed E-state index contributed by atoms with van der Waals surface area (Å²) < 4.78 is 24.2. The van der Waals surface area contributed by atoms with Crippen LogP contribution in [0.2, 0.25) is 0 Å². The normalized spacial score (nSPS) is 10.5. The number of fused-ring (bicyclic) bond motifs is 12. The van der Waals surface area contributed by atoms with Gasteiger partial charge in [-0.05, 0) is 184 Å². The first kappa shape index (κ1) is 105. The minimum atomic E-state index is 0.